The van der Waals surface area contributed by atoms with Gasteiger partial charge in [0.05, 0.1) is 0 Å². The van der Waals surface area contributed by atoms with Gasteiger partial charge < -0.3 is 14.2 Å². The molecule has 146 valence electrons. The van der Waals surface area contributed by atoms with Crippen LogP contribution in [0.2, 0.25) is 0 Å². The average Bonchev–Trinajstić information content (AvgIpc) is 3.03. The summed E-state index contributed by atoms with van der Waals surface area (Å²) in [6.45, 7) is 2.35. The van der Waals surface area contributed by atoms with E-state index in [1.165, 1.54) is 10.6 Å². The Hall–Kier alpha value is -3.68. The van der Waals surface area contributed by atoms with Gasteiger partial charge in [0, 0.05) is 38.6 Å². The van der Waals surface area contributed by atoms with E-state index in [-0.39, 0.29) is 17.0 Å². The average molecular weight is 389 g/mol. The molecule has 0 unspecified atom stereocenters. The van der Waals surface area contributed by atoms with Crippen LogP contribution in [0.15, 0.2) is 64.1 Å². The number of hydrogen-bond donors (Lipinski definition) is 0. The molecule has 0 spiro atoms. The number of pyridine rings is 1. The standard InChI is InChI=1S/C21H19N5O3/c27-19(15-14-22-18-8-3-4-11-26(18)20(15)28)24-9-5-10-25(13-12-24)21-23-16-6-1-2-7-17(16)29-21/h1-4,6-8,11,14H,5,9-10,12-13H2. The highest BCUT2D eigenvalue weighted by Gasteiger charge is 2.25. The van der Waals surface area contributed by atoms with Gasteiger partial charge in [0.1, 0.15) is 16.7 Å². The van der Waals surface area contributed by atoms with E-state index in [0.717, 1.165) is 24.1 Å². The van der Waals surface area contributed by atoms with Gasteiger partial charge in [0.25, 0.3) is 17.5 Å². The number of fused-ring (bicyclic) bond motifs is 2. The molecule has 0 N–H and O–H groups in total. The normalized spacial score (nSPS) is 15.0. The van der Waals surface area contributed by atoms with Crippen LogP contribution in [0.4, 0.5) is 6.01 Å². The van der Waals surface area contributed by atoms with E-state index in [4.69, 9.17) is 4.42 Å². The second-order valence-electron chi connectivity index (χ2n) is 7.00. The highest BCUT2D eigenvalue weighted by Crippen LogP contribution is 2.22. The van der Waals surface area contributed by atoms with Gasteiger partial charge >= 0.3 is 0 Å². The molecule has 8 nitrogen and oxygen atoms in total. The molecule has 1 fully saturated rings. The van der Waals surface area contributed by atoms with Crippen LogP contribution in [0.25, 0.3) is 16.7 Å². The van der Waals surface area contributed by atoms with Crippen LogP contribution in [0.1, 0.15) is 16.8 Å². The van der Waals surface area contributed by atoms with Crippen molar-refractivity contribution in [1.82, 2.24) is 19.3 Å². The Bertz CT molecular complexity index is 1230. The molecule has 0 saturated carbocycles. The highest BCUT2D eigenvalue weighted by atomic mass is 16.4. The molecule has 8 heteroatoms. The number of nitrogens with zero attached hydrogens (tertiary/aromatic N) is 5. The van der Waals surface area contributed by atoms with Crippen molar-refractivity contribution in [2.75, 3.05) is 31.1 Å². The second-order valence-corrected chi connectivity index (χ2v) is 7.00. The largest absolute Gasteiger partial charge is 0.423 e. The summed E-state index contributed by atoms with van der Waals surface area (Å²) >= 11 is 0. The lowest BCUT2D eigenvalue weighted by Crippen LogP contribution is -2.38. The topological polar surface area (TPSA) is 84.0 Å². The van der Waals surface area contributed by atoms with E-state index in [1.807, 2.05) is 29.2 Å². The first-order chi connectivity index (χ1) is 14.2. The molecule has 0 atom stereocenters. The van der Waals surface area contributed by atoms with E-state index in [9.17, 15) is 9.59 Å². The van der Waals surface area contributed by atoms with Crippen molar-refractivity contribution < 1.29 is 9.21 Å². The minimum absolute atomic E-state index is 0.0870. The molecule has 0 aliphatic carbocycles. The molecule has 1 saturated heterocycles. The fraction of sp³-hybridized carbons (Fsp3) is 0.238. The summed E-state index contributed by atoms with van der Waals surface area (Å²) in [5.74, 6) is -0.292. The van der Waals surface area contributed by atoms with Gasteiger partial charge in [0.15, 0.2) is 5.58 Å². The number of hydrogen-bond acceptors (Lipinski definition) is 6. The van der Waals surface area contributed by atoms with E-state index < -0.39 is 0 Å². The zero-order chi connectivity index (χ0) is 19.8. The fourth-order valence-corrected chi connectivity index (χ4v) is 3.65. The molecular formula is C21H19N5O3. The third-order valence-electron chi connectivity index (χ3n) is 5.18. The second kappa shape index (κ2) is 7.05. The molecule has 5 rings (SSSR count). The number of rotatable bonds is 2. The number of carbonyl (C=O) groups is 1. The maximum Gasteiger partial charge on any atom is 0.298 e. The lowest BCUT2D eigenvalue weighted by atomic mass is 10.2. The molecule has 4 heterocycles. The van der Waals surface area contributed by atoms with Gasteiger partial charge in [0.2, 0.25) is 0 Å². The molecule has 29 heavy (non-hydrogen) atoms. The van der Waals surface area contributed by atoms with Crippen LogP contribution in [-0.2, 0) is 0 Å². The Morgan fingerprint density at radius 1 is 1.00 bits per heavy atom. The van der Waals surface area contributed by atoms with Gasteiger partial charge in [-0.25, -0.2) is 4.98 Å². The summed E-state index contributed by atoms with van der Waals surface area (Å²) in [6.07, 6.45) is 3.76. The first-order valence-corrected chi connectivity index (χ1v) is 9.57. The van der Waals surface area contributed by atoms with Gasteiger partial charge in [-0.2, -0.15) is 4.98 Å². The third kappa shape index (κ3) is 3.12. The van der Waals surface area contributed by atoms with E-state index in [2.05, 4.69) is 9.97 Å². The minimum Gasteiger partial charge on any atom is -0.423 e. The SMILES string of the molecule is O=C(c1cnc2ccccn2c1=O)N1CCCN(c2nc3ccccc3o2)CC1. The summed E-state index contributed by atoms with van der Waals surface area (Å²) in [5, 5.41) is 0. The number of carbonyl (C=O) groups excluding carboxylic acids is 1. The van der Waals surface area contributed by atoms with Gasteiger partial charge in [-0.15, -0.1) is 0 Å². The van der Waals surface area contributed by atoms with Crippen LogP contribution < -0.4 is 10.5 Å². The zero-order valence-electron chi connectivity index (χ0n) is 15.7. The monoisotopic (exact) mass is 389 g/mol. The lowest BCUT2D eigenvalue weighted by Gasteiger charge is -2.21. The summed E-state index contributed by atoms with van der Waals surface area (Å²) in [5.41, 5.74) is 1.82. The van der Waals surface area contributed by atoms with Crippen molar-refractivity contribution in [3.63, 3.8) is 0 Å². The summed E-state index contributed by atoms with van der Waals surface area (Å²) in [7, 11) is 0. The molecule has 0 radical (unpaired) electrons. The Morgan fingerprint density at radius 3 is 2.76 bits per heavy atom. The maximum absolute atomic E-state index is 13.0. The fourth-order valence-electron chi connectivity index (χ4n) is 3.65. The molecular weight excluding hydrogens is 370 g/mol. The van der Waals surface area contributed by atoms with Crippen molar-refractivity contribution in [3.8, 4) is 0 Å². The van der Waals surface area contributed by atoms with Crippen molar-refractivity contribution in [2.24, 2.45) is 0 Å². The quantitative estimate of drug-likeness (QED) is 0.523. The first-order valence-electron chi connectivity index (χ1n) is 9.57. The Labute approximate surface area is 166 Å². The van der Waals surface area contributed by atoms with E-state index in [1.54, 1.807) is 29.3 Å². The van der Waals surface area contributed by atoms with Crippen LogP contribution in [0.5, 0.6) is 0 Å². The number of benzene rings is 1. The summed E-state index contributed by atoms with van der Waals surface area (Å²) in [6, 6.07) is 13.5. The molecule has 1 aliphatic rings. The molecule has 1 aliphatic heterocycles. The van der Waals surface area contributed by atoms with E-state index >= 15 is 0 Å². The summed E-state index contributed by atoms with van der Waals surface area (Å²) in [4.78, 5) is 38.3. The van der Waals surface area contributed by atoms with Crippen LogP contribution in [-0.4, -0.2) is 51.4 Å². The predicted octanol–water partition coefficient (Wildman–Crippen LogP) is 2.19. The molecule has 1 aromatic carbocycles. The number of para-hydroxylation sites is 2. The van der Waals surface area contributed by atoms with Crippen LogP contribution >= 0.6 is 0 Å². The minimum atomic E-state index is -0.347. The third-order valence-corrected chi connectivity index (χ3v) is 5.18. The smallest absolute Gasteiger partial charge is 0.298 e. The van der Waals surface area contributed by atoms with Gasteiger partial charge in [-0.05, 0) is 30.7 Å². The Morgan fingerprint density at radius 2 is 1.86 bits per heavy atom. The molecule has 4 aromatic rings. The predicted molar refractivity (Wildman–Crippen MR) is 108 cm³/mol. The number of oxazole rings is 1. The molecule has 3 aromatic heterocycles. The van der Waals surface area contributed by atoms with Crippen molar-refractivity contribution in [2.45, 2.75) is 6.42 Å². The van der Waals surface area contributed by atoms with E-state index in [0.29, 0.717) is 31.3 Å². The number of aromatic nitrogens is 3. The highest BCUT2D eigenvalue weighted by molar-refractivity contribution is 5.93. The van der Waals surface area contributed by atoms with Crippen LogP contribution in [0.3, 0.4) is 0 Å². The van der Waals surface area contributed by atoms with Gasteiger partial charge in [-0.1, -0.05) is 18.2 Å². The Kier molecular flexibility index (Phi) is 4.23. The Balaban J connectivity index is 1.37. The van der Waals surface area contributed by atoms with Crippen molar-refractivity contribution >= 4 is 28.7 Å². The van der Waals surface area contributed by atoms with Gasteiger partial charge in [-0.3, -0.25) is 14.0 Å². The molecule has 1 amide bonds. The first kappa shape index (κ1) is 17.4. The summed E-state index contributed by atoms with van der Waals surface area (Å²) < 4.78 is 7.26. The molecule has 0 bridgehead atoms. The number of anilines is 1. The van der Waals surface area contributed by atoms with Crippen molar-refractivity contribution in [3.05, 3.63) is 70.8 Å². The number of amides is 1. The maximum atomic E-state index is 13.0. The van der Waals surface area contributed by atoms with Crippen LogP contribution in [0, 0.1) is 0 Å². The lowest BCUT2D eigenvalue weighted by molar-refractivity contribution is 0.0764. The zero-order valence-corrected chi connectivity index (χ0v) is 15.7. The van der Waals surface area contributed by atoms with Crippen molar-refractivity contribution in [1.29, 1.82) is 0 Å².